The fourth-order valence-electron chi connectivity index (χ4n) is 1.85. The van der Waals surface area contributed by atoms with Gasteiger partial charge in [-0.1, -0.05) is 0 Å². The lowest BCUT2D eigenvalue weighted by molar-refractivity contribution is 0.386. The van der Waals surface area contributed by atoms with E-state index in [4.69, 9.17) is 0 Å². The molecule has 4 nitrogen and oxygen atoms in total. The molecule has 0 aliphatic rings. The number of aromatic hydroxyl groups is 1. The Bertz CT molecular complexity index is 600. The predicted octanol–water partition coefficient (Wildman–Crippen LogP) is 3.19. The SMILES string of the molecule is Cc1ccc(O)c(CNC(C)(C)c2nc(C)c(C)s2)n1. The molecule has 2 rings (SSSR count). The Morgan fingerprint density at radius 3 is 2.50 bits per heavy atom. The summed E-state index contributed by atoms with van der Waals surface area (Å²) in [6.07, 6.45) is 0. The maximum absolute atomic E-state index is 9.84. The fourth-order valence-corrected chi connectivity index (χ4v) is 2.85. The van der Waals surface area contributed by atoms with Crippen LogP contribution in [0.15, 0.2) is 12.1 Å². The number of pyridine rings is 1. The van der Waals surface area contributed by atoms with E-state index in [9.17, 15) is 5.11 Å². The number of nitrogens with zero attached hydrogens (tertiary/aromatic N) is 2. The lowest BCUT2D eigenvalue weighted by Gasteiger charge is -2.24. The summed E-state index contributed by atoms with van der Waals surface area (Å²) in [5.74, 6) is 0.227. The van der Waals surface area contributed by atoms with Gasteiger partial charge in [0.25, 0.3) is 0 Å². The molecule has 0 saturated carbocycles. The molecule has 20 heavy (non-hydrogen) atoms. The zero-order chi connectivity index (χ0) is 14.9. The number of hydrogen-bond acceptors (Lipinski definition) is 5. The third-order valence-corrected chi connectivity index (χ3v) is 4.75. The van der Waals surface area contributed by atoms with Crippen LogP contribution in [0.2, 0.25) is 0 Å². The summed E-state index contributed by atoms with van der Waals surface area (Å²) in [5.41, 5.74) is 2.40. The zero-order valence-corrected chi connectivity index (χ0v) is 13.4. The number of aryl methyl sites for hydroxylation is 3. The van der Waals surface area contributed by atoms with Crippen molar-refractivity contribution >= 4 is 11.3 Å². The Hall–Kier alpha value is -1.46. The van der Waals surface area contributed by atoms with Gasteiger partial charge in [-0.3, -0.25) is 4.98 Å². The molecule has 0 atom stereocenters. The van der Waals surface area contributed by atoms with Crippen molar-refractivity contribution in [1.29, 1.82) is 0 Å². The summed E-state index contributed by atoms with van der Waals surface area (Å²) in [6, 6.07) is 3.49. The van der Waals surface area contributed by atoms with E-state index < -0.39 is 0 Å². The molecule has 0 unspecified atom stereocenters. The molecule has 2 N–H and O–H groups in total. The summed E-state index contributed by atoms with van der Waals surface area (Å²) in [5, 5.41) is 14.3. The van der Waals surface area contributed by atoms with Crippen LogP contribution in [0, 0.1) is 20.8 Å². The Balaban J connectivity index is 2.14. The van der Waals surface area contributed by atoms with E-state index in [-0.39, 0.29) is 11.3 Å². The van der Waals surface area contributed by atoms with E-state index in [1.807, 2.05) is 13.8 Å². The topological polar surface area (TPSA) is 58.0 Å². The standard InChI is InChI=1S/C15H21N3OS/c1-9-6-7-13(19)12(17-9)8-16-15(4,5)14-18-10(2)11(3)20-14/h6-7,16,19H,8H2,1-5H3. The quantitative estimate of drug-likeness (QED) is 0.908. The summed E-state index contributed by atoms with van der Waals surface area (Å²) in [6.45, 7) is 10.7. The third-order valence-electron chi connectivity index (χ3n) is 3.35. The zero-order valence-electron chi connectivity index (χ0n) is 12.6. The molecule has 0 amide bonds. The van der Waals surface area contributed by atoms with Crippen LogP contribution in [0.3, 0.4) is 0 Å². The molecule has 5 heteroatoms. The maximum atomic E-state index is 9.84. The van der Waals surface area contributed by atoms with Crippen LogP contribution in [0.5, 0.6) is 5.75 Å². The molecular formula is C15H21N3OS. The van der Waals surface area contributed by atoms with Crippen LogP contribution in [0.25, 0.3) is 0 Å². The Labute approximate surface area is 123 Å². The first kappa shape index (κ1) is 14.9. The van der Waals surface area contributed by atoms with Gasteiger partial charge in [0.15, 0.2) is 0 Å². The minimum absolute atomic E-state index is 0.227. The molecule has 0 aromatic carbocycles. The van der Waals surface area contributed by atoms with Crippen molar-refractivity contribution in [3.05, 3.63) is 39.1 Å². The van der Waals surface area contributed by atoms with Gasteiger partial charge >= 0.3 is 0 Å². The van der Waals surface area contributed by atoms with Crippen LogP contribution >= 0.6 is 11.3 Å². The molecule has 2 aromatic rings. The minimum atomic E-state index is -0.248. The molecule has 0 bridgehead atoms. The van der Waals surface area contributed by atoms with Crippen molar-refractivity contribution in [2.45, 2.75) is 46.7 Å². The predicted molar refractivity (Wildman–Crippen MR) is 82.1 cm³/mol. The van der Waals surface area contributed by atoms with Crippen LogP contribution in [-0.2, 0) is 12.1 Å². The van der Waals surface area contributed by atoms with Gasteiger partial charge in [0.1, 0.15) is 10.8 Å². The monoisotopic (exact) mass is 291 g/mol. The van der Waals surface area contributed by atoms with Gasteiger partial charge in [-0.05, 0) is 46.8 Å². The van der Waals surface area contributed by atoms with Gasteiger partial charge in [-0.15, -0.1) is 11.3 Å². The molecule has 0 aliphatic heterocycles. The van der Waals surface area contributed by atoms with Gasteiger partial charge in [-0.2, -0.15) is 0 Å². The van der Waals surface area contributed by atoms with Crippen LogP contribution in [0.1, 0.15) is 40.8 Å². The van der Waals surface area contributed by atoms with Gasteiger partial charge in [0, 0.05) is 17.1 Å². The summed E-state index contributed by atoms with van der Waals surface area (Å²) in [4.78, 5) is 10.2. The van der Waals surface area contributed by atoms with Crippen molar-refractivity contribution in [2.24, 2.45) is 0 Å². The first-order valence-electron chi connectivity index (χ1n) is 6.64. The molecule has 0 spiro atoms. The lowest BCUT2D eigenvalue weighted by atomic mass is 10.1. The summed E-state index contributed by atoms with van der Waals surface area (Å²) < 4.78 is 0. The number of thiazole rings is 1. The highest BCUT2D eigenvalue weighted by Gasteiger charge is 2.24. The number of rotatable bonds is 4. The van der Waals surface area contributed by atoms with Crippen LogP contribution < -0.4 is 5.32 Å². The molecule has 2 heterocycles. The first-order chi connectivity index (χ1) is 9.29. The smallest absolute Gasteiger partial charge is 0.138 e. The second-order valence-corrected chi connectivity index (χ2v) is 6.76. The van der Waals surface area contributed by atoms with Crippen LogP contribution in [-0.4, -0.2) is 15.1 Å². The summed E-state index contributed by atoms with van der Waals surface area (Å²) in [7, 11) is 0. The van der Waals surface area contributed by atoms with Crippen molar-refractivity contribution in [1.82, 2.24) is 15.3 Å². The molecule has 0 aliphatic carbocycles. The number of nitrogens with one attached hydrogen (secondary N) is 1. The second-order valence-electron chi connectivity index (χ2n) is 5.56. The fraction of sp³-hybridized carbons (Fsp3) is 0.467. The van der Waals surface area contributed by atoms with Crippen molar-refractivity contribution in [3.63, 3.8) is 0 Å². The Morgan fingerprint density at radius 2 is 1.90 bits per heavy atom. The molecule has 0 fully saturated rings. The highest BCUT2D eigenvalue weighted by molar-refractivity contribution is 7.11. The van der Waals surface area contributed by atoms with Crippen molar-refractivity contribution in [3.8, 4) is 5.75 Å². The average molecular weight is 291 g/mol. The average Bonchev–Trinajstić information content (AvgIpc) is 2.72. The molecule has 0 saturated heterocycles. The second kappa shape index (κ2) is 5.50. The van der Waals surface area contributed by atoms with Gasteiger partial charge in [-0.25, -0.2) is 4.98 Å². The highest BCUT2D eigenvalue weighted by atomic mass is 32.1. The molecular weight excluding hydrogens is 270 g/mol. The van der Waals surface area contributed by atoms with E-state index in [1.165, 1.54) is 4.88 Å². The highest BCUT2D eigenvalue weighted by Crippen LogP contribution is 2.28. The third kappa shape index (κ3) is 3.16. The number of hydrogen-bond donors (Lipinski definition) is 2. The molecule has 2 aromatic heterocycles. The van der Waals surface area contributed by atoms with E-state index in [2.05, 4.69) is 36.1 Å². The van der Waals surface area contributed by atoms with E-state index in [1.54, 1.807) is 23.5 Å². The van der Waals surface area contributed by atoms with Gasteiger partial charge < -0.3 is 10.4 Å². The molecule has 108 valence electrons. The number of aromatic nitrogens is 2. The maximum Gasteiger partial charge on any atom is 0.138 e. The normalized spacial score (nSPS) is 11.8. The molecule has 0 radical (unpaired) electrons. The van der Waals surface area contributed by atoms with E-state index in [0.717, 1.165) is 16.4 Å². The lowest BCUT2D eigenvalue weighted by Crippen LogP contribution is -2.36. The Morgan fingerprint density at radius 1 is 1.20 bits per heavy atom. The van der Waals surface area contributed by atoms with E-state index in [0.29, 0.717) is 12.2 Å². The van der Waals surface area contributed by atoms with Crippen LogP contribution in [0.4, 0.5) is 0 Å². The summed E-state index contributed by atoms with van der Waals surface area (Å²) >= 11 is 1.71. The van der Waals surface area contributed by atoms with Crippen molar-refractivity contribution < 1.29 is 5.11 Å². The largest absolute Gasteiger partial charge is 0.506 e. The van der Waals surface area contributed by atoms with Gasteiger partial charge in [0.2, 0.25) is 0 Å². The first-order valence-corrected chi connectivity index (χ1v) is 7.46. The Kier molecular flexibility index (Phi) is 4.11. The minimum Gasteiger partial charge on any atom is -0.506 e. The van der Waals surface area contributed by atoms with Gasteiger partial charge in [0.05, 0.1) is 16.9 Å². The van der Waals surface area contributed by atoms with E-state index >= 15 is 0 Å². The van der Waals surface area contributed by atoms with Crippen molar-refractivity contribution in [2.75, 3.05) is 0 Å².